The number of ether oxygens (including phenoxy) is 1. The molecule has 0 saturated carbocycles. The van der Waals surface area contributed by atoms with Gasteiger partial charge in [0.15, 0.2) is 0 Å². The molecule has 4 amide bonds. The number of aldehydes is 1. The van der Waals surface area contributed by atoms with Crippen LogP contribution in [0.3, 0.4) is 0 Å². The summed E-state index contributed by atoms with van der Waals surface area (Å²) >= 11 is 0. The Hall–Kier alpha value is -5.52. The van der Waals surface area contributed by atoms with Crippen LogP contribution in [0.1, 0.15) is 45.1 Å². The van der Waals surface area contributed by atoms with Crippen LogP contribution in [0.4, 0.5) is 5.69 Å². The first kappa shape index (κ1) is 36.0. The topological polar surface area (TPSA) is 180 Å². The second-order valence-electron chi connectivity index (χ2n) is 11.3. The van der Waals surface area contributed by atoms with E-state index in [9.17, 15) is 28.8 Å². The van der Waals surface area contributed by atoms with Gasteiger partial charge in [-0.2, -0.15) is 0 Å². The molecule has 0 saturated heterocycles. The molecule has 248 valence electrons. The van der Waals surface area contributed by atoms with Crippen molar-refractivity contribution in [3.8, 4) is 11.5 Å². The minimum Gasteiger partial charge on any atom is -0.481 e. The summed E-state index contributed by atoms with van der Waals surface area (Å²) < 4.78 is 5.85. The SMILES string of the molecule is CC(C)CC(C(=O)NC(C=O)CC(=O)O)C(=O)NC(CCC(=O)NCc1ccccc1)C(=O)Nc1cccc(Oc2ccccc2)c1. The Kier molecular flexibility index (Phi) is 14.1. The summed E-state index contributed by atoms with van der Waals surface area (Å²) in [5.41, 5.74) is 1.26. The van der Waals surface area contributed by atoms with E-state index in [1.54, 1.807) is 50.2 Å². The first-order chi connectivity index (χ1) is 22.5. The molecule has 12 heteroatoms. The fourth-order valence-corrected chi connectivity index (χ4v) is 4.60. The zero-order chi connectivity index (χ0) is 34.2. The fraction of sp³-hybridized carbons (Fsp3) is 0.314. The van der Waals surface area contributed by atoms with E-state index in [1.807, 2.05) is 48.5 Å². The molecule has 3 atom stereocenters. The van der Waals surface area contributed by atoms with E-state index in [2.05, 4.69) is 21.3 Å². The Bertz CT molecular complexity index is 1510. The zero-order valence-corrected chi connectivity index (χ0v) is 26.3. The Morgan fingerprint density at radius 3 is 2.09 bits per heavy atom. The Labute approximate surface area is 273 Å². The summed E-state index contributed by atoms with van der Waals surface area (Å²) in [5, 5.41) is 19.5. The van der Waals surface area contributed by atoms with Crippen molar-refractivity contribution < 1.29 is 38.6 Å². The molecule has 0 aliphatic heterocycles. The van der Waals surface area contributed by atoms with Crippen molar-refractivity contribution >= 4 is 41.6 Å². The third-order valence-corrected chi connectivity index (χ3v) is 6.93. The average molecular weight is 645 g/mol. The predicted molar refractivity (Wildman–Crippen MR) is 174 cm³/mol. The van der Waals surface area contributed by atoms with Crippen molar-refractivity contribution in [1.82, 2.24) is 16.0 Å². The van der Waals surface area contributed by atoms with E-state index in [0.29, 0.717) is 17.2 Å². The lowest BCUT2D eigenvalue weighted by atomic mass is 9.94. The number of hydrogen-bond acceptors (Lipinski definition) is 7. The van der Waals surface area contributed by atoms with Gasteiger partial charge in [-0.15, -0.1) is 0 Å². The highest BCUT2D eigenvalue weighted by atomic mass is 16.5. The van der Waals surface area contributed by atoms with Crippen LogP contribution in [0.25, 0.3) is 0 Å². The maximum atomic E-state index is 13.6. The number of hydrogen-bond donors (Lipinski definition) is 5. The van der Waals surface area contributed by atoms with Gasteiger partial charge in [-0.3, -0.25) is 24.0 Å². The zero-order valence-electron chi connectivity index (χ0n) is 26.3. The number of carbonyl (C=O) groups is 6. The van der Waals surface area contributed by atoms with Crippen LogP contribution in [0, 0.1) is 11.8 Å². The van der Waals surface area contributed by atoms with Crippen molar-refractivity contribution in [2.75, 3.05) is 5.32 Å². The first-order valence-corrected chi connectivity index (χ1v) is 15.3. The number of amides is 4. The predicted octanol–water partition coefficient (Wildman–Crippen LogP) is 3.82. The molecule has 0 bridgehead atoms. The summed E-state index contributed by atoms with van der Waals surface area (Å²) in [6.45, 7) is 3.85. The number of carboxylic acids is 1. The van der Waals surface area contributed by atoms with Crippen molar-refractivity contribution in [3.05, 3.63) is 90.5 Å². The molecule has 0 radical (unpaired) electrons. The maximum Gasteiger partial charge on any atom is 0.305 e. The number of rotatable bonds is 18. The number of aliphatic carboxylic acids is 1. The van der Waals surface area contributed by atoms with E-state index in [0.717, 1.165) is 5.56 Å². The molecule has 0 fully saturated rings. The van der Waals surface area contributed by atoms with Crippen molar-refractivity contribution in [3.63, 3.8) is 0 Å². The van der Waals surface area contributed by atoms with Crippen LogP contribution in [0.15, 0.2) is 84.9 Å². The molecular formula is C35H40N4O8. The summed E-state index contributed by atoms with van der Waals surface area (Å²) in [5.74, 6) is -4.36. The third-order valence-electron chi connectivity index (χ3n) is 6.93. The van der Waals surface area contributed by atoms with E-state index in [4.69, 9.17) is 9.84 Å². The minimum atomic E-state index is -1.34. The summed E-state index contributed by atoms with van der Waals surface area (Å²) in [6, 6.07) is 22.4. The lowest BCUT2D eigenvalue weighted by Gasteiger charge is -2.24. The number of carboxylic acid groups (broad SMARTS) is 1. The van der Waals surface area contributed by atoms with E-state index in [1.165, 1.54) is 0 Å². The second kappa shape index (κ2) is 18.4. The Balaban J connectivity index is 1.76. The quantitative estimate of drug-likeness (QED) is 0.102. The number of nitrogens with one attached hydrogen (secondary N) is 4. The van der Waals surface area contributed by atoms with Crippen LogP contribution in [-0.4, -0.2) is 53.1 Å². The van der Waals surface area contributed by atoms with Gasteiger partial charge < -0.3 is 35.9 Å². The van der Waals surface area contributed by atoms with E-state index >= 15 is 0 Å². The number of para-hydroxylation sites is 1. The maximum absolute atomic E-state index is 13.6. The van der Waals surface area contributed by atoms with Gasteiger partial charge in [0.25, 0.3) is 0 Å². The third kappa shape index (κ3) is 12.8. The molecule has 0 heterocycles. The van der Waals surface area contributed by atoms with E-state index in [-0.39, 0.29) is 43.9 Å². The highest BCUT2D eigenvalue weighted by Gasteiger charge is 2.32. The fourth-order valence-electron chi connectivity index (χ4n) is 4.60. The van der Waals surface area contributed by atoms with Crippen LogP contribution in [0.5, 0.6) is 11.5 Å². The van der Waals surface area contributed by atoms with Gasteiger partial charge in [-0.05, 0) is 48.6 Å². The van der Waals surface area contributed by atoms with Crippen molar-refractivity contribution in [2.45, 2.75) is 58.2 Å². The molecule has 0 aliphatic rings. The molecular weight excluding hydrogens is 604 g/mol. The second-order valence-corrected chi connectivity index (χ2v) is 11.3. The molecule has 3 aromatic carbocycles. The van der Waals surface area contributed by atoms with Crippen LogP contribution in [0.2, 0.25) is 0 Å². The van der Waals surface area contributed by atoms with Gasteiger partial charge in [0.05, 0.1) is 12.5 Å². The Morgan fingerprint density at radius 2 is 1.45 bits per heavy atom. The monoisotopic (exact) mass is 644 g/mol. The van der Waals surface area contributed by atoms with E-state index < -0.39 is 48.1 Å². The molecule has 0 aromatic heterocycles. The molecule has 3 aromatic rings. The summed E-state index contributed by atoms with van der Waals surface area (Å²) in [4.78, 5) is 75.3. The molecule has 12 nitrogen and oxygen atoms in total. The molecule has 0 spiro atoms. The number of benzene rings is 3. The largest absolute Gasteiger partial charge is 0.481 e. The van der Waals surface area contributed by atoms with Crippen molar-refractivity contribution in [2.24, 2.45) is 11.8 Å². The van der Waals surface area contributed by atoms with Crippen LogP contribution < -0.4 is 26.0 Å². The number of anilines is 1. The van der Waals surface area contributed by atoms with Crippen LogP contribution in [-0.2, 0) is 35.3 Å². The molecule has 5 N–H and O–H groups in total. The normalized spacial score (nSPS) is 12.6. The standard InChI is InChI=1S/C35H40N4O8/c1-23(2)18-29(33(44)38-26(22-40)20-32(42)43)34(45)39-30(16-17-31(41)36-21-24-10-5-3-6-11-24)35(46)37-25-12-9-15-28(19-25)47-27-13-7-4-8-14-27/h3-15,19,22-23,26,29-30H,16-18,20-21H2,1-2H3,(H,36,41)(H,37,46)(H,38,44)(H,39,45)(H,42,43). The van der Waals surface area contributed by atoms with Gasteiger partial charge in [0.2, 0.25) is 23.6 Å². The minimum absolute atomic E-state index is 0.0566. The highest BCUT2D eigenvalue weighted by molar-refractivity contribution is 6.04. The highest BCUT2D eigenvalue weighted by Crippen LogP contribution is 2.24. The van der Waals surface area contributed by atoms with Gasteiger partial charge in [0.1, 0.15) is 29.7 Å². The first-order valence-electron chi connectivity index (χ1n) is 15.3. The van der Waals surface area contributed by atoms with Gasteiger partial charge in [-0.25, -0.2) is 0 Å². The molecule has 3 unspecified atom stereocenters. The molecule has 0 aliphatic carbocycles. The average Bonchev–Trinajstić information content (AvgIpc) is 3.04. The van der Waals surface area contributed by atoms with Gasteiger partial charge in [-0.1, -0.05) is 68.4 Å². The summed E-state index contributed by atoms with van der Waals surface area (Å²) in [7, 11) is 0. The lowest BCUT2D eigenvalue weighted by molar-refractivity contribution is -0.140. The molecule has 3 rings (SSSR count). The number of carbonyl (C=O) groups excluding carboxylic acids is 5. The van der Waals surface area contributed by atoms with Gasteiger partial charge in [0, 0.05) is 24.7 Å². The van der Waals surface area contributed by atoms with Crippen molar-refractivity contribution in [1.29, 1.82) is 0 Å². The smallest absolute Gasteiger partial charge is 0.305 e. The Morgan fingerprint density at radius 1 is 0.809 bits per heavy atom. The molecule has 47 heavy (non-hydrogen) atoms. The van der Waals surface area contributed by atoms with Crippen LogP contribution >= 0.6 is 0 Å². The summed E-state index contributed by atoms with van der Waals surface area (Å²) in [6.07, 6.45) is -0.515. The van der Waals surface area contributed by atoms with Gasteiger partial charge >= 0.3 is 5.97 Å². The lowest BCUT2D eigenvalue weighted by Crippen LogP contribution is -2.51.